The van der Waals surface area contributed by atoms with E-state index < -0.39 is 40.6 Å². The fraction of sp³-hybridized carbons (Fsp3) is 0.520. The van der Waals surface area contributed by atoms with Crippen LogP contribution in [0.4, 0.5) is 5.69 Å². The molecule has 1 saturated heterocycles. The number of non-ortho nitro benzene ring substituents is 1. The second kappa shape index (κ2) is 8.52. The Kier molecular flexibility index (Phi) is 5.61. The maximum Gasteiger partial charge on any atom is 0.326 e. The molecule has 2 saturated carbocycles. The fourth-order valence-corrected chi connectivity index (χ4v) is 10.2. The number of benzene rings is 1. The molecule has 0 spiro atoms. The number of likely N-dealkylation sites (tertiary alicyclic amines) is 1. The van der Waals surface area contributed by atoms with Gasteiger partial charge in [0.1, 0.15) is 6.04 Å². The Morgan fingerprint density at radius 1 is 1.22 bits per heavy atom. The Hall–Kier alpha value is -2.99. The summed E-state index contributed by atoms with van der Waals surface area (Å²) in [5, 5.41) is 22.0. The standard InChI is InChI=1S/C25H25N3O7S2/c1-9(2)6-14(24(31)32)27-22(29)17-12-8-13(18(17)23(27)30)19-16(12)15(20-21(36-19)26-25(33)37-20)10-4-3-5-11(7-10)28(34)35/h3-5,7,9,12-19H,6,8H2,1-2H3,(H,26,33)(H,31,32)/t12-,13+,14+,15+,16+,17+,18+,19-/m1/s1. The third-order valence-corrected chi connectivity index (χ3v) is 11.1. The number of thioether (sulfide) groups is 1. The Morgan fingerprint density at radius 2 is 1.92 bits per heavy atom. The summed E-state index contributed by atoms with van der Waals surface area (Å²) in [7, 11) is 0. The minimum absolute atomic E-state index is 0.0111. The Morgan fingerprint density at radius 3 is 2.57 bits per heavy atom. The number of fused-ring (bicyclic) bond motifs is 9. The number of nitrogens with one attached hydrogen (secondary N) is 1. The molecule has 2 bridgehead atoms. The van der Waals surface area contributed by atoms with Gasteiger partial charge in [-0.3, -0.25) is 29.4 Å². The number of aliphatic carboxylic acids is 1. The van der Waals surface area contributed by atoms with E-state index in [9.17, 15) is 34.4 Å². The van der Waals surface area contributed by atoms with Gasteiger partial charge in [-0.25, -0.2) is 4.79 Å². The number of thiazole rings is 1. The van der Waals surface area contributed by atoms with Gasteiger partial charge >= 0.3 is 10.8 Å². The number of nitro groups is 1. The molecule has 6 rings (SSSR count). The van der Waals surface area contributed by atoms with Gasteiger partial charge in [0, 0.05) is 28.2 Å². The first kappa shape index (κ1) is 24.4. The minimum atomic E-state index is -1.19. The lowest BCUT2D eigenvalue weighted by Gasteiger charge is -2.43. The molecule has 4 aliphatic rings. The largest absolute Gasteiger partial charge is 0.480 e. The van der Waals surface area contributed by atoms with Crippen LogP contribution in [0.15, 0.2) is 34.1 Å². The summed E-state index contributed by atoms with van der Waals surface area (Å²) < 4.78 is 0. The lowest BCUT2D eigenvalue weighted by molar-refractivity contribution is -0.384. The zero-order chi connectivity index (χ0) is 26.3. The van der Waals surface area contributed by atoms with E-state index in [4.69, 9.17) is 0 Å². The third kappa shape index (κ3) is 3.52. The number of aromatic nitrogens is 1. The molecule has 3 fully saturated rings. The van der Waals surface area contributed by atoms with Gasteiger partial charge in [-0.1, -0.05) is 37.3 Å². The van der Waals surface area contributed by atoms with Crippen LogP contribution >= 0.6 is 23.1 Å². The zero-order valence-corrected chi connectivity index (χ0v) is 21.7. The summed E-state index contributed by atoms with van der Waals surface area (Å²) in [5.74, 6) is -3.94. The van der Waals surface area contributed by atoms with Crippen LogP contribution in [0, 0.1) is 45.6 Å². The number of rotatable bonds is 6. The topological polar surface area (TPSA) is 151 Å². The summed E-state index contributed by atoms with van der Waals surface area (Å²) >= 11 is 2.61. The highest BCUT2D eigenvalue weighted by atomic mass is 32.2. The molecule has 0 radical (unpaired) electrons. The third-order valence-electron chi connectivity index (χ3n) is 8.49. The van der Waals surface area contributed by atoms with Crippen molar-refractivity contribution in [1.29, 1.82) is 0 Å². The number of amides is 2. The molecular formula is C25H25N3O7S2. The van der Waals surface area contributed by atoms with Crippen LogP contribution in [0.3, 0.4) is 0 Å². The van der Waals surface area contributed by atoms with E-state index in [0.29, 0.717) is 17.0 Å². The molecule has 194 valence electrons. The predicted molar refractivity (Wildman–Crippen MR) is 134 cm³/mol. The maximum atomic E-state index is 13.7. The molecule has 8 atom stereocenters. The van der Waals surface area contributed by atoms with Crippen molar-refractivity contribution in [1.82, 2.24) is 9.88 Å². The Balaban J connectivity index is 1.43. The summed E-state index contributed by atoms with van der Waals surface area (Å²) in [5.41, 5.74) is 0.663. The number of nitro benzene ring substituents is 1. The second-order valence-electron chi connectivity index (χ2n) is 10.8. The Bertz CT molecular complexity index is 1400. The van der Waals surface area contributed by atoms with Crippen LogP contribution in [-0.2, 0) is 14.4 Å². The van der Waals surface area contributed by atoms with E-state index >= 15 is 0 Å². The van der Waals surface area contributed by atoms with Gasteiger partial charge in [-0.15, -0.1) is 11.8 Å². The van der Waals surface area contributed by atoms with Crippen molar-refractivity contribution in [2.75, 3.05) is 0 Å². The van der Waals surface area contributed by atoms with Crippen molar-refractivity contribution in [3.63, 3.8) is 0 Å². The van der Waals surface area contributed by atoms with Crippen molar-refractivity contribution in [2.24, 2.45) is 35.5 Å². The average molecular weight is 544 g/mol. The molecule has 12 heteroatoms. The van der Waals surface area contributed by atoms with Crippen LogP contribution in [0.25, 0.3) is 0 Å². The molecule has 37 heavy (non-hydrogen) atoms. The molecule has 2 aliphatic heterocycles. The van der Waals surface area contributed by atoms with Gasteiger partial charge in [-0.05, 0) is 42.1 Å². The molecule has 3 heterocycles. The molecule has 2 aromatic rings. The number of carbonyl (C=O) groups is 3. The van der Waals surface area contributed by atoms with Gasteiger partial charge in [0.15, 0.2) is 0 Å². The second-order valence-corrected chi connectivity index (χ2v) is 13.0. The normalized spacial score (nSPS) is 32.4. The molecule has 10 nitrogen and oxygen atoms in total. The smallest absolute Gasteiger partial charge is 0.326 e. The summed E-state index contributed by atoms with van der Waals surface area (Å²) in [6.45, 7) is 3.72. The van der Waals surface area contributed by atoms with E-state index in [1.165, 1.54) is 23.9 Å². The number of imide groups is 1. The maximum absolute atomic E-state index is 13.7. The molecule has 2 aliphatic carbocycles. The molecular weight excluding hydrogens is 518 g/mol. The summed E-state index contributed by atoms with van der Waals surface area (Å²) in [6, 6.07) is 5.22. The number of carboxylic acids is 1. The van der Waals surface area contributed by atoms with Crippen molar-refractivity contribution in [2.45, 2.75) is 48.9 Å². The van der Waals surface area contributed by atoms with Crippen molar-refractivity contribution >= 4 is 46.6 Å². The first-order chi connectivity index (χ1) is 17.6. The highest BCUT2D eigenvalue weighted by molar-refractivity contribution is 8.00. The molecule has 1 aromatic carbocycles. The van der Waals surface area contributed by atoms with Crippen molar-refractivity contribution in [3.05, 3.63) is 54.5 Å². The number of carboxylic acid groups (broad SMARTS) is 1. The van der Waals surface area contributed by atoms with E-state index in [2.05, 4.69) is 4.98 Å². The lowest BCUT2D eigenvalue weighted by Crippen LogP contribution is -2.47. The quantitative estimate of drug-likeness (QED) is 0.320. The zero-order valence-electron chi connectivity index (χ0n) is 20.0. The highest BCUT2D eigenvalue weighted by Crippen LogP contribution is 2.68. The number of hydrogen-bond donors (Lipinski definition) is 2. The van der Waals surface area contributed by atoms with Crippen LogP contribution in [0.1, 0.15) is 43.0 Å². The number of H-pyrrole nitrogens is 1. The van der Waals surface area contributed by atoms with E-state index in [1.807, 2.05) is 19.9 Å². The van der Waals surface area contributed by atoms with Gasteiger partial charge in [-0.2, -0.15) is 0 Å². The van der Waals surface area contributed by atoms with Crippen molar-refractivity contribution < 1.29 is 24.4 Å². The van der Waals surface area contributed by atoms with Crippen LogP contribution in [0.2, 0.25) is 0 Å². The fourth-order valence-electron chi connectivity index (χ4n) is 7.32. The number of nitrogens with zero attached hydrogens (tertiary/aromatic N) is 2. The minimum Gasteiger partial charge on any atom is -0.480 e. The number of carbonyl (C=O) groups excluding carboxylic acids is 2. The van der Waals surface area contributed by atoms with Crippen LogP contribution in [0.5, 0.6) is 0 Å². The van der Waals surface area contributed by atoms with E-state index in [1.54, 1.807) is 6.07 Å². The summed E-state index contributed by atoms with van der Waals surface area (Å²) in [4.78, 5) is 67.3. The molecule has 1 aromatic heterocycles. The lowest BCUT2D eigenvalue weighted by atomic mass is 9.68. The SMILES string of the molecule is CC(C)C[C@@H](C(=O)O)N1C(=O)[C@H]2[C@@H]3C[C@@H]([C@@H]2C1=O)[C@H]1[C@H](c2cccc([N+](=O)[O-])c2)c2sc(=O)[nH]c2S[C@H]31. The Labute approximate surface area is 219 Å². The highest BCUT2D eigenvalue weighted by Gasteiger charge is 2.70. The van der Waals surface area contributed by atoms with Gasteiger partial charge in [0.05, 0.1) is 21.8 Å². The molecule has 2 N–H and O–H groups in total. The molecule has 0 unspecified atom stereocenters. The van der Waals surface area contributed by atoms with Crippen LogP contribution < -0.4 is 4.87 Å². The first-order valence-electron chi connectivity index (χ1n) is 12.3. The van der Waals surface area contributed by atoms with E-state index in [0.717, 1.165) is 21.1 Å². The number of aromatic amines is 1. The average Bonchev–Trinajstić information content (AvgIpc) is 3.56. The number of hydrogen-bond acceptors (Lipinski definition) is 8. The first-order valence-corrected chi connectivity index (χ1v) is 14.0. The monoisotopic (exact) mass is 543 g/mol. The van der Waals surface area contributed by atoms with Crippen LogP contribution in [-0.4, -0.2) is 49.0 Å². The van der Waals surface area contributed by atoms with E-state index in [-0.39, 0.29) is 51.8 Å². The van der Waals surface area contributed by atoms with Gasteiger partial charge < -0.3 is 10.1 Å². The molecule has 2 amide bonds. The van der Waals surface area contributed by atoms with Gasteiger partial charge in [0.2, 0.25) is 11.8 Å². The summed E-state index contributed by atoms with van der Waals surface area (Å²) in [6.07, 6.45) is 0.855. The van der Waals surface area contributed by atoms with Gasteiger partial charge in [0.25, 0.3) is 5.69 Å². The predicted octanol–water partition coefficient (Wildman–Crippen LogP) is 3.32. The van der Waals surface area contributed by atoms with Crippen molar-refractivity contribution in [3.8, 4) is 0 Å².